The first-order valence-electron chi connectivity index (χ1n) is 3.96. The van der Waals surface area contributed by atoms with Crippen molar-refractivity contribution in [1.82, 2.24) is 0 Å². The van der Waals surface area contributed by atoms with Gasteiger partial charge in [0.15, 0.2) is 0 Å². The number of hydrogen-bond donors (Lipinski definition) is 2. The Balaban J connectivity index is 3.87. The number of ether oxygens (including phenoxy) is 1. The van der Waals surface area contributed by atoms with Crippen molar-refractivity contribution in [3.8, 4) is 0 Å². The number of hydrogen-bond acceptors (Lipinski definition) is 4. The van der Waals surface area contributed by atoms with Gasteiger partial charge in [-0.2, -0.15) is 12.6 Å². The first-order valence-corrected chi connectivity index (χ1v) is 4.59. The van der Waals surface area contributed by atoms with Crippen molar-refractivity contribution < 1.29 is 9.53 Å². The fourth-order valence-electron chi connectivity index (χ4n) is 0.634. The molecule has 0 aromatic heterocycles. The Morgan fingerprint density at radius 1 is 1.58 bits per heavy atom. The molecule has 1 atom stereocenters. The van der Waals surface area contributed by atoms with Gasteiger partial charge in [-0.15, -0.1) is 0 Å². The van der Waals surface area contributed by atoms with Crippen LogP contribution in [0.1, 0.15) is 27.2 Å². The van der Waals surface area contributed by atoms with Crippen molar-refractivity contribution >= 4 is 18.6 Å². The molecule has 0 bridgehead atoms. The maximum atomic E-state index is 11.2. The summed E-state index contributed by atoms with van der Waals surface area (Å²) in [5, 5.41) is 0. The number of carbonyl (C=O) groups is 1. The number of rotatable bonds is 3. The van der Waals surface area contributed by atoms with Crippen LogP contribution >= 0.6 is 12.6 Å². The maximum Gasteiger partial charge on any atom is 0.323 e. The molecule has 0 aliphatic rings. The van der Waals surface area contributed by atoms with Gasteiger partial charge in [0.05, 0.1) is 0 Å². The Morgan fingerprint density at radius 2 is 2.08 bits per heavy atom. The predicted molar refractivity (Wildman–Crippen MR) is 52.3 cm³/mol. The summed E-state index contributed by atoms with van der Waals surface area (Å²) in [6.45, 7) is 5.45. The molecule has 0 aliphatic heterocycles. The van der Waals surface area contributed by atoms with Gasteiger partial charge >= 0.3 is 5.97 Å². The molecule has 0 saturated heterocycles. The van der Waals surface area contributed by atoms with E-state index in [1.807, 2.05) is 20.8 Å². The first kappa shape index (κ1) is 11.8. The second kappa shape index (κ2) is 4.72. The molecule has 0 spiro atoms. The lowest BCUT2D eigenvalue weighted by Crippen LogP contribution is -2.37. The van der Waals surface area contributed by atoms with E-state index in [9.17, 15) is 4.79 Å². The standard InChI is InChI=1S/C8H17NO2S/c1-8(2,3)11-7(10)6(9)4-5-12/h6,12H,4-5,9H2,1-3H3/t6-/m0/s1. The topological polar surface area (TPSA) is 52.3 Å². The molecule has 0 rings (SSSR count). The first-order chi connectivity index (χ1) is 5.37. The molecule has 0 heterocycles. The fraction of sp³-hybridized carbons (Fsp3) is 0.875. The number of thiol groups is 1. The van der Waals surface area contributed by atoms with Crippen molar-refractivity contribution in [3.05, 3.63) is 0 Å². The largest absolute Gasteiger partial charge is 0.459 e. The van der Waals surface area contributed by atoms with Gasteiger partial charge in [0.2, 0.25) is 0 Å². The van der Waals surface area contributed by atoms with E-state index in [1.54, 1.807) is 0 Å². The summed E-state index contributed by atoms with van der Waals surface area (Å²) >= 11 is 3.98. The van der Waals surface area contributed by atoms with Crippen LogP contribution in [0, 0.1) is 0 Å². The molecule has 0 aromatic rings. The van der Waals surface area contributed by atoms with Crippen LogP contribution in [0.2, 0.25) is 0 Å². The third-order valence-corrected chi connectivity index (χ3v) is 1.41. The fourth-order valence-corrected chi connectivity index (χ4v) is 0.913. The highest BCUT2D eigenvalue weighted by Gasteiger charge is 2.21. The lowest BCUT2D eigenvalue weighted by Gasteiger charge is -2.21. The minimum absolute atomic E-state index is 0.350. The highest BCUT2D eigenvalue weighted by Crippen LogP contribution is 2.08. The van der Waals surface area contributed by atoms with Crippen molar-refractivity contribution in [2.75, 3.05) is 5.75 Å². The third kappa shape index (κ3) is 5.43. The van der Waals surface area contributed by atoms with Crippen LogP contribution in [0.5, 0.6) is 0 Å². The molecule has 0 unspecified atom stereocenters. The normalized spacial score (nSPS) is 14.1. The minimum Gasteiger partial charge on any atom is -0.459 e. The van der Waals surface area contributed by atoms with Crippen LogP contribution in [-0.4, -0.2) is 23.4 Å². The van der Waals surface area contributed by atoms with Crippen molar-refractivity contribution in [1.29, 1.82) is 0 Å². The van der Waals surface area contributed by atoms with Gasteiger partial charge in [-0.1, -0.05) is 0 Å². The lowest BCUT2D eigenvalue weighted by molar-refractivity contribution is -0.156. The monoisotopic (exact) mass is 191 g/mol. The highest BCUT2D eigenvalue weighted by molar-refractivity contribution is 7.80. The Labute approximate surface area is 79.1 Å². The summed E-state index contributed by atoms with van der Waals surface area (Å²) in [7, 11) is 0. The summed E-state index contributed by atoms with van der Waals surface area (Å²) in [5.74, 6) is 0.247. The molecular formula is C8H17NO2S. The zero-order valence-electron chi connectivity index (χ0n) is 7.83. The van der Waals surface area contributed by atoms with Crippen LogP contribution < -0.4 is 5.73 Å². The summed E-state index contributed by atoms with van der Waals surface area (Å²) in [5.41, 5.74) is 5.06. The van der Waals surface area contributed by atoms with Crippen molar-refractivity contribution in [2.24, 2.45) is 5.73 Å². The van der Waals surface area contributed by atoms with Crippen LogP contribution in [0.4, 0.5) is 0 Å². The Morgan fingerprint density at radius 3 is 2.42 bits per heavy atom. The molecule has 0 radical (unpaired) electrons. The van der Waals surface area contributed by atoms with Gasteiger partial charge in [-0.3, -0.25) is 4.79 Å². The highest BCUT2D eigenvalue weighted by atomic mass is 32.1. The van der Waals surface area contributed by atoms with E-state index in [2.05, 4.69) is 12.6 Å². The second-order valence-electron chi connectivity index (χ2n) is 3.65. The molecular weight excluding hydrogens is 174 g/mol. The summed E-state index contributed by atoms with van der Waals surface area (Å²) < 4.78 is 5.05. The maximum absolute atomic E-state index is 11.2. The van der Waals surface area contributed by atoms with Crippen molar-refractivity contribution in [2.45, 2.75) is 38.8 Å². The lowest BCUT2D eigenvalue weighted by atomic mass is 10.2. The molecule has 0 aromatic carbocycles. The summed E-state index contributed by atoms with van der Waals surface area (Å²) in [4.78, 5) is 11.2. The zero-order valence-corrected chi connectivity index (χ0v) is 8.73. The van der Waals surface area contributed by atoms with E-state index in [0.29, 0.717) is 12.2 Å². The van der Waals surface area contributed by atoms with Gasteiger partial charge in [0, 0.05) is 0 Å². The van der Waals surface area contributed by atoms with Crippen LogP contribution in [0.15, 0.2) is 0 Å². The average Bonchev–Trinajstić information content (AvgIpc) is 1.84. The molecule has 0 saturated carbocycles. The van der Waals surface area contributed by atoms with E-state index in [0.717, 1.165) is 0 Å². The molecule has 2 N–H and O–H groups in total. The van der Waals surface area contributed by atoms with E-state index in [4.69, 9.17) is 10.5 Å². The van der Waals surface area contributed by atoms with Crippen LogP contribution in [-0.2, 0) is 9.53 Å². The van der Waals surface area contributed by atoms with Gasteiger partial charge in [-0.05, 0) is 32.9 Å². The molecule has 3 nitrogen and oxygen atoms in total. The van der Waals surface area contributed by atoms with E-state index in [-0.39, 0.29) is 5.97 Å². The molecule has 0 amide bonds. The second-order valence-corrected chi connectivity index (χ2v) is 4.10. The molecule has 0 aliphatic carbocycles. The minimum atomic E-state index is -0.540. The Hall–Kier alpha value is -0.220. The number of esters is 1. The summed E-state index contributed by atoms with van der Waals surface area (Å²) in [6, 6.07) is -0.540. The number of nitrogens with two attached hydrogens (primary N) is 1. The Kier molecular flexibility index (Phi) is 4.63. The smallest absolute Gasteiger partial charge is 0.323 e. The number of carbonyl (C=O) groups excluding carboxylic acids is 1. The van der Waals surface area contributed by atoms with Crippen molar-refractivity contribution in [3.63, 3.8) is 0 Å². The van der Waals surface area contributed by atoms with Gasteiger partial charge in [0.25, 0.3) is 0 Å². The molecule has 0 fully saturated rings. The van der Waals surface area contributed by atoms with Gasteiger partial charge in [-0.25, -0.2) is 0 Å². The molecule has 4 heteroatoms. The van der Waals surface area contributed by atoms with E-state index < -0.39 is 11.6 Å². The van der Waals surface area contributed by atoms with Crippen LogP contribution in [0.3, 0.4) is 0 Å². The third-order valence-electron chi connectivity index (χ3n) is 1.15. The van der Waals surface area contributed by atoms with Crippen LogP contribution in [0.25, 0.3) is 0 Å². The average molecular weight is 191 g/mol. The van der Waals surface area contributed by atoms with E-state index in [1.165, 1.54) is 0 Å². The van der Waals surface area contributed by atoms with Gasteiger partial charge < -0.3 is 10.5 Å². The molecule has 12 heavy (non-hydrogen) atoms. The zero-order chi connectivity index (χ0) is 9.78. The SMILES string of the molecule is CC(C)(C)OC(=O)[C@@H](N)CCS. The predicted octanol–water partition coefficient (Wildman–Crippen LogP) is 0.975. The quantitative estimate of drug-likeness (QED) is 0.516. The summed E-state index contributed by atoms with van der Waals surface area (Å²) in [6.07, 6.45) is 0.554. The van der Waals surface area contributed by atoms with Gasteiger partial charge in [0.1, 0.15) is 11.6 Å². The van der Waals surface area contributed by atoms with E-state index >= 15 is 0 Å². The Bertz CT molecular complexity index is 154. The molecule has 72 valence electrons.